The van der Waals surface area contributed by atoms with Gasteiger partial charge in [0.2, 0.25) is 5.91 Å². The molecule has 0 saturated heterocycles. The number of hydrogen-bond donors (Lipinski definition) is 2. The molecule has 25 heavy (non-hydrogen) atoms. The van der Waals surface area contributed by atoms with Gasteiger partial charge in [0.1, 0.15) is 0 Å². The van der Waals surface area contributed by atoms with E-state index in [-0.39, 0.29) is 12.5 Å². The Bertz CT molecular complexity index is 738. The lowest BCUT2D eigenvalue weighted by molar-refractivity contribution is -0.115. The largest absolute Gasteiger partial charge is 0.493 e. The lowest BCUT2D eigenvalue weighted by Crippen LogP contribution is -2.29. The fraction of sp³-hybridized carbons (Fsp3) is 0.278. The second-order valence-electron chi connectivity index (χ2n) is 5.27. The van der Waals surface area contributed by atoms with E-state index in [9.17, 15) is 4.79 Å². The minimum atomic E-state index is -0.184. The van der Waals surface area contributed by atoms with Crippen LogP contribution in [0.25, 0.3) is 0 Å². The number of anilines is 1. The van der Waals surface area contributed by atoms with E-state index in [4.69, 9.17) is 32.7 Å². The van der Waals surface area contributed by atoms with Crippen molar-refractivity contribution in [1.82, 2.24) is 5.32 Å². The Kier molecular flexibility index (Phi) is 7.37. The van der Waals surface area contributed by atoms with E-state index < -0.39 is 0 Å². The zero-order chi connectivity index (χ0) is 18.2. The normalized spacial score (nSPS) is 10.4. The highest BCUT2D eigenvalue weighted by molar-refractivity contribution is 6.43. The van der Waals surface area contributed by atoms with Crippen LogP contribution in [0.3, 0.4) is 0 Å². The highest BCUT2D eigenvalue weighted by atomic mass is 35.5. The zero-order valence-electron chi connectivity index (χ0n) is 14.1. The molecule has 134 valence electrons. The minimum absolute atomic E-state index is 0.177. The number of methoxy groups -OCH3 is 2. The van der Waals surface area contributed by atoms with Gasteiger partial charge in [0, 0.05) is 0 Å². The van der Waals surface area contributed by atoms with Crippen LogP contribution in [0.2, 0.25) is 10.0 Å². The molecule has 0 heterocycles. The number of hydrogen-bond acceptors (Lipinski definition) is 4. The molecule has 0 atom stereocenters. The molecule has 7 heteroatoms. The topological polar surface area (TPSA) is 59.6 Å². The maximum atomic E-state index is 12.0. The molecule has 0 spiro atoms. The van der Waals surface area contributed by atoms with Crippen molar-refractivity contribution in [2.75, 3.05) is 32.6 Å². The van der Waals surface area contributed by atoms with E-state index in [0.29, 0.717) is 33.8 Å². The maximum absolute atomic E-state index is 12.0. The fourth-order valence-electron chi connectivity index (χ4n) is 2.27. The van der Waals surface area contributed by atoms with Gasteiger partial charge in [-0.2, -0.15) is 0 Å². The van der Waals surface area contributed by atoms with Gasteiger partial charge in [0.25, 0.3) is 0 Å². The lowest BCUT2D eigenvalue weighted by Gasteiger charge is -2.11. The molecule has 0 aliphatic carbocycles. The van der Waals surface area contributed by atoms with E-state index in [2.05, 4.69) is 10.6 Å². The van der Waals surface area contributed by atoms with E-state index in [1.807, 2.05) is 18.2 Å². The summed E-state index contributed by atoms with van der Waals surface area (Å²) in [4.78, 5) is 12.0. The van der Waals surface area contributed by atoms with Crippen molar-refractivity contribution in [2.45, 2.75) is 6.42 Å². The summed E-state index contributed by atoms with van der Waals surface area (Å²) in [5.74, 6) is 1.20. The predicted molar refractivity (Wildman–Crippen MR) is 101 cm³/mol. The molecular formula is C18H20Cl2N2O3. The molecule has 0 radical (unpaired) electrons. The Morgan fingerprint density at radius 1 is 1.08 bits per heavy atom. The van der Waals surface area contributed by atoms with E-state index in [0.717, 1.165) is 12.0 Å². The maximum Gasteiger partial charge on any atom is 0.238 e. The number of carbonyl (C=O) groups excluding carboxylic acids is 1. The molecule has 2 N–H and O–H groups in total. The van der Waals surface area contributed by atoms with Crippen LogP contribution in [-0.2, 0) is 11.2 Å². The number of nitrogens with one attached hydrogen (secondary N) is 2. The first kappa shape index (κ1) is 19.4. The molecule has 1 amide bonds. The van der Waals surface area contributed by atoms with E-state index in [1.165, 1.54) is 0 Å². The van der Waals surface area contributed by atoms with Gasteiger partial charge in [-0.05, 0) is 42.8 Å². The number of halogens is 2. The Morgan fingerprint density at radius 3 is 2.56 bits per heavy atom. The molecule has 2 aromatic carbocycles. The minimum Gasteiger partial charge on any atom is -0.493 e. The van der Waals surface area contributed by atoms with Crippen molar-refractivity contribution < 1.29 is 14.3 Å². The Labute approximate surface area is 157 Å². The third-order valence-electron chi connectivity index (χ3n) is 3.55. The summed E-state index contributed by atoms with van der Waals surface area (Å²) in [6, 6.07) is 10.9. The Morgan fingerprint density at radius 2 is 1.84 bits per heavy atom. The van der Waals surface area contributed by atoms with Crippen LogP contribution < -0.4 is 20.1 Å². The second kappa shape index (κ2) is 9.51. The third kappa shape index (κ3) is 5.53. The third-order valence-corrected chi connectivity index (χ3v) is 4.37. The Hall–Kier alpha value is -1.95. The molecule has 0 bridgehead atoms. The fourth-order valence-corrected chi connectivity index (χ4v) is 2.61. The van der Waals surface area contributed by atoms with Crippen molar-refractivity contribution in [2.24, 2.45) is 0 Å². The molecule has 0 aromatic heterocycles. The molecule has 0 aliphatic heterocycles. The standard InChI is InChI=1S/C18H20Cl2N2O3/c1-24-15-7-6-12(10-16(15)25-2)8-9-21-11-17(23)22-14-5-3-4-13(19)18(14)20/h3-7,10,21H,8-9,11H2,1-2H3,(H,22,23). The Balaban J connectivity index is 1.79. The number of carbonyl (C=O) groups is 1. The van der Waals surface area contributed by atoms with Gasteiger partial charge in [-0.15, -0.1) is 0 Å². The summed E-state index contributed by atoms with van der Waals surface area (Å²) in [5, 5.41) is 6.56. The second-order valence-corrected chi connectivity index (χ2v) is 6.05. The van der Waals surface area contributed by atoms with E-state index in [1.54, 1.807) is 32.4 Å². The number of rotatable bonds is 8. The summed E-state index contributed by atoms with van der Waals surface area (Å²) >= 11 is 12.0. The highest BCUT2D eigenvalue weighted by Gasteiger charge is 2.08. The molecular weight excluding hydrogens is 363 g/mol. The highest BCUT2D eigenvalue weighted by Crippen LogP contribution is 2.29. The summed E-state index contributed by atoms with van der Waals surface area (Å²) in [7, 11) is 3.20. The molecule has 0 saturated carbocycles. The van der Waals surface area contributed by atoms with Crippen molar-refractivity contribution >= 4 is 34.8 Å². The molecule has 2 aromatic rings. The van der Waals surface area contributed by atoms with Crippen molar-refractivity contribution in [1.29, 1.82) is 0 Å². The summed E-state index contributed by atoms with van der Waals surface area (Å²) in [5.41, 5.74) is 1.59. The van der Waals surface area contributed by atoms with Gasteiger partial charge in [0.15, 0.2) is 11.5 Å². The van der Waals surface area contributed by atoms with Crippen LogP contribution in [0.15, 0.2) is 36.4 Å². The first-order valence-corrected chi connectivity index (χ1v) is 8.46. The summed E-state index contributed by atoms with van der Waals surface area (Å²) in [6.07, 6.45) is 0.756. The quantitative estimate of drug-likeness (QED) is 0.682. The first-order valence-electron chi connectivity index (χ1n) is 7.70. The van der Waals surface area contributed by atoms with Crippen LogP contribution >= 0.6 is 23.2 Å². The van der Waals surface area contributed by atoms with Crippen LogP contribution in [0.4, 0.5) is 5.69 Å². The summed E-state index contributed by atoms with van der Waals surface area (Å²) < 4.78 is 10.5. The van der Waals surface area contributed by atoms with Gasteiger partial charge in [0.05, 0.1) is 36.5 Å². The SMILES string of the molecule is COc1ccc(CCNCC(=O)Nc2cccc(Cl)c2Cl)cc1OC. The molecule has 2 rings (SSSR count). The van der Waals surface area contributed by atoms with Gasteiger partial charge in [-0.3, -0.25) is 4.79 Å². The molecule has 5 nitrogen and oxygen atoms in total. The van der Waals surface area contributed by atoms with Crippen LogP contribution in [0, 0.1) is 0 Å². The number of benzene rings is 2. The molecule has 0 unspecified atom stereocenters. The summed E-state index contributed by atoms with van der Waals surface area (Å²) in [6.45, 7) is 0.822. The number of ether oxygens (including phenoxy) is 2. The van der Waals surface area contributed by atoms with Gasteiger partial charge < -0.3 is 20.1 Å². The predicted octanol–water partition coefficient (Wildman–Crippen LogP) is 3.78. The number of amides is 1. The van der Waals surface area contributed by atoms with Crippen LogP contribution in [0.5, 0.6) is 11.5 Å². The van der Waals surface area contributed by atoms with Crippen molar-refractivity contribution in [3.05, 3.63) is 52.0 Å². The van der Waals surface area contributed by atoms with Crippen LogP contribution in [-0.4, -0.2) is 33.2 Å². The van der Waals surface area contributed by atoms with Gasteiger partial charge in [-0.1, -0.05) is 35.3 Å². The average molecular weight is 383 g/mol. The molecule has 0 fully saturated rings. The van der Waals surface area contributed by atoms with Crippen molar-refractivity contribution in [3.8, 4) is 11.5 Å². The first-order chi connectivity index (χ1) is 12.0. The lowest BCUT2D eigenvalue weighted by atomic mass is 10.1. The smallest absolute Gasteiger partial charge is 0.238 e. The van der Waals surface area contributed by atoms with Gasteiger partial charge in [-0.25, -0.2) is 0 Å². The van der Waals surface area contributed by atoms with E-state index >= 15 is 0 Å². The monoisotopic (exact) mass is 382 g/mol. The zero-order valence-corrected chi connectivity index (χ0v) is 15.6. The average Bonchev–Trinajstić information content (AvgIpc) is 2.62. The molecule has 0 aliphatic rings. The van der Waals surface area contributed by atoms with Crippen molar-refractivity contribution in [3.63, 3.8) is 0 Å². The van der Waals surface area contributed by atoms with Crippen LogP contribution in [0.1, 0.15) is 5.56 Å². The van der Waals surface area contributed by atoms with Gasteiger partial charge >= 0.3 is 0 Å².